The van der Waals surface area contributed by atoms with Crippen molar-refractivity contribution >= 4 is 21.6 Å². The highest BCUT2D eigenvalue weighted by molar-refractivity contribution is 7.89. The molecule has 0 spiro atoms. The van der Waals surface area contributed by atoms with E-state index in [1.54, 1.807) is 6.92 Å². The molecule has 9 heteroatoms. The van der Waals surface area contributed by atoms with Crippen molar-refractivity contribution < 1.29 is 26.4 Å². The van der Waals surface area contributed by atoms with Crippen LogP contribution in [0.5, 0.6) is 0 Å². The Morgan fingerprint density at radius 3 is 2.40 bits per heavy atom. The van der Waals surface area contributed by atoms with E-state index in [1.165, 1.54) is 30.3 Å². The zero-order valence-electron chi connectivity index (χ0n) is 13.1. The SMILES string of the molecule is CCNS(=O)(=O)c1cccc(C(=O)Nc2cccc(C(F)(F)F)c2)c1. The first-order valence-corrected chi connectivity index (χ1v) is 8.70. The van der Waals surface area contributed by atoms with Crippen LogP contribution in [-0.2, 0) is 16.2 Å². The standard InChI is InChI=1S/C16H15F3N2O3S/c1-2-20-25(23,24)14-8-3-5-11(9-14)15(22)21-13-7-4-6-12(10-13)16(17,18)19/h3-10,20H,2H2,1H3,(H,21,22). The Morgan fingerprint density at radius 2 is 1.76 bits per heavy atom. The van der Waals surface area contributed by atoms with Gasteiger partial charge in [-0.05, 0) is 36.4 Å². The molecule has 1 amide bonds. The van der Waals surface area contributed by atoms with Crippen molar-refractivity contribution in [1.29, 1.82) is 0 Å². The maximum Gasteiger partial charge on any atom is 0.416 e. The van der Waals surface area contributed by atoms with E-state index in [1.807, 2.05) is 0 Å². The van der Waals surface area contributed by atoms with E-state index in [4.69, 9.17) is 0 Å². The summed E-state index contributed by atoms with van der Waals surface area (Å²) in [7, 11) is -3.74. The molecule has 0 heterocycles. The van der Waals surface area contributed by atoms with Crippen molar-refractivity contribution in [3.05, 3.63) is 59.7 Å². The number of nitrogens with one attached hydrogen (secondary N) is 2. The molecule has 0 atom stereocenters. The molecule has 0 saturated carbocycles. The number of alkyl halides is 3. The normalized spacial score (nSPS) is 12.0. The van der Waals surface area contributed by atoms with Crippen LogP contribution in [0.1, 0.15) is 22.8 Å². The van der Waals surface area contributed by atoms with Gasteiger partial charge in [-0.3, -0.25) is 4.79 Å². The molecular weight excluding hydrogens is 357 g/mol. The molecule has 0 aliphatic heterocycles. The monoisotopic (exact) mass is 372 g/mol. The Labute approximate surface area is 142 Å². The number of amides is 1. The highest BCUT2D eigenvalue weighted by atomic mass is 32.2. The zero-order valence-corrected chi connectivity index (χ0v) is 13.9. The predicted octanol–water partition coefficient (Wildman–Crippen LogP) is 3.26. The summed E-state index contributed by atoms with van der Waals surface area (Å²) in [6, 6.07) is 9.40. The largest absolute Gasteiger partial charge is 0.416 e. The number of anilines is 1. The number of hydrogen-bond acceptors (Lipinski definition) is 3. The van der Waals surface area contributed by atoms with E-state index in [2.05, 4.69) is 10.0 Å². The van der Waals surface area contributed by atoms with Crippen LogP contribution in [0.3, 0.4) is 0 Å². The minimum absolute atomic E-state index is 0.0105. The van der Waals surface area contributed by atoms with Gasteiger partial charge in [0.05, 0.1) is 10.5 Å². The van der Waals surface area contributed by atoms with Crippen LogP contribution in [0.4, 0.5) is 18.9 Å². The lowest BCUT2D eigenvalue weighted by Gasteiger charge is -2.10. The lowest BCUT2D eigenvalue weighted by atomic mass is 10.1. The molecule has 0 aliphatic carbocycles. The van der Waals surface area contributed by atoms with Crippen molar-refractivity contribution in [2.24, 2.45) is 0 Å². The van der Waals surface area contributed by atoms with E-state index in [9.17, 15) is 26.4 Å². The van der Waals surface area contributed by atoms with Gasteiger partial charge in [-0.1, -0.05) is 19.1 Å². The molecule has 0 fully saturated rings. The molecule has 2 aromatic carbocycles. The van der Waals surface area contributed by atoms with E-state index < -0.39 is 27.7 Å². The minimum Gasteiger partial charge on any atom is -0.322 e. The third-order valence-corrected chi connectivity index (χ3v) is 4.73. The maximum absolute atomic E-state index is 12.7. The number of carbonyl (C=O) groups excluding carboxylic acids is 1. The Kier molecular flexibility index (Phi) is 5.48. The van der Waals surface area contributed by atoms with Crippen molar-refractivity contribution in [3.63, 3.8) is 0 Å². The molecule has 0 saturated heterocycles. The Balaban J connectivity index is 2.25. The first kappa shape index (κ1) is 18.9. The second kappa shape index (κ2) is 7.24. The van der Waals surface area contributed by atoms with Crippen molar-refractivity contribution in [3.8, 4) is 0 Å². The highest BCUT2D eigenvalue weighted by Crippen LogP contribution is 2.30. The molecule has 0 aliphatic rings. The van der Waals surface area contributed by atoms with E-state index >= 15 is 0 Å². The lowest BCUT2D eigenvalue weighted by molar-refractivity contribution is -0.137. The average molecular weight is 372 g/mol. The average Bonchev–Trinajstić information content (AvgIpc) is 2.54. The van der Waals surface area contributed by atoms with Gasteiger partial charge in [-0.2, -0.15) is 13.2 Å². The number of halogens is 3. The second-order valence-corrected chi connectivity index (χ2v) is 6.83. The number of rotatable bonds is 5. The highest BCUT2D eigenvalue weighted by Gasteiger charge is 2.30. The van der Waals surface area contributed by atoms with Gasteiger partial charge in [0.15, 0.2) is 0 Å². The van der Waals surface area contributed by atoms with E-state index in [-0.39, 0.29) is 22.7 Å². The van der Waals surface area contributed by atoms with Gasteiger partial charge in [0.25, 0.3) is 5.91 Å². The van der Waals surface area contributed by atoms with Crippen LogP contribution < -0.4 is 10.0 Å². The zero-order chi connectivity index (χ0) is 18.7. The molecule has 5 nitrogen and oxygen atoms in total. The Hall–Kier alpha value is -2.39. The molecule has 25 heavy (non-hydrogen) atoms. The first-order valence-electron chi connectivity index (χ1n) is 7.22. The summed E-state index contributed by atoms with van der Waals surface area (Å²) in [5.74, 6) is -0.715. The number of benzene rings is 2. The topological polar surface area (TPSA) is 75.3 Å². The molecule has 134 valence electrons. The summed E-state index contributed by atoms with van der Waals surface area (Å²) < 4.78 is 64.3. The van der Waals surface area contributed by atoms with Gasteiger partial charge >= 0.3 is 6.18 Å². The van der Waals surface area contributed by atoms with E-state index in [0.717, 1.165) is 18.2 Å². The van der Waals surface area contributed by atoms with Gasteiger partial charge in [0.1, 0.15) is 0 Å². The summed E-state index contributed by atoms with van der Waals surface area (Å²) in [4.78, 5) is 12.1. The molecule has 2 rings (SSSR count). The van der Waals surface area contributed by atoms with Gasteiger partial charge in [0.2, 0.25) is 10.0 Å². The van der Waals surface area contributed by atoms with Gasteiger partial charge in [0, 0.05) is 17.8 Å². The molecular formula is C16H15F3N2O3S. The fourth-order valence-electron chi connectivity index (χ4n) is 2.05. The number of hydrogen-bond donors (Lipinski definition) is 2. The fourth-order valence-corrected chi connectivity index (χ4v) is 3.14. The third-order valence-electron chi connectivity index (χ3n) is 3.19. The maximum atomic E-state index is 12.7. The van der Waals surface area contributed by atoms with Crippen LogP contribution in [0.2, 0.25) is 0 Å². The lowest BCUT2D eigenvalue weighted by Crippen LogP contribution is -2.23. The van der Waals surface area contributed by atoms with Crippen LogP contribution in [0.15, 0.2) is 53.4 Å². The van der Waals surface area contributed by atoms with Gasteiger partial charge < -0.3 is 5.32 Å². The molecule has 0 bridgehead atoms. The predicted molar refractivity (Wildman–Crippen MR) is 86.7 cm³/mol. The first-order chi connectivity index (χ1) is 11.6. The number of sulfonamides is 1. The summed E-state index contributed by atoms with van der Waals surface area (Å²) in [6.07, 6.45) is -4.53. The van der Waals surface area contributed by atoms with Gasteiger partial charge in [-0.25, -0.2) is 13.1 Å². The molecule has 0 aromatic heterocycles. The third kappa shape index (κ3) is 4.80. The minimum atomic E-state index is -4.53. The molecule has 2 N–H and O–H groups in total. The van der Waals surface area contributed by atoms with Gasteiger partial charge in [-0.15, -0.1) is 0 Å². The van der Waals surface area contributed by atoms with Crippen LogP contribution in [0.25, 0.3) is 0 Å². The summed E-state index contributed by atoms with van der Waals surface area (Å²) in [6.45, 7) is 1.80. The molecule has 0 radical (unpaired) electrons. The van der Waals surface area contributed by atoms with E-state index in [0.29, 0.717) is 0 Å². The fraction of sp³-hybridized carbons (Fsp3) is 0.188. The quantitative estimate of drug-likeness (QED) is 0.846. The van der Waals surface area contributed by atoms with Crippen molar-refractivity contribution in [1.82, 2.24) is 4.72 Å². The Morgan fingerprint density at radius 1 is 1.08 bits per heavy atom. The summed E-state index contributed by atoms with van der Waals surface area (Å²) >= 11 is 0. The molecule has 2 aromatic rings. The van der Waals surface area contributed by atoms with Crippen LogP contribution in [-0.4, -0.2) is 20.9 Å². The van der Waals surface area contributed by atoms with Crippen molar-refractivity contribution in [2.75, 3.05) is 11.9 Å². The smallest absolute Gasteiger partial charge is 0.322 e. The summed E-state index contributed by atoms with van der Waals surface area (Å²) in [5, 5.41) is 2.33. The van der Waals surface area contributed by atoms with Crippen molar-refractivity contribution in [2.45, 2.75) is 18.0 Å². The second-order valence-electron chi connectivity index (χ2n) is 5.06. The van der Waals surface area contributed by atoms with Crippen LogP contribution in [0, 0.1) is 0 Å². The van der Waals surface area contributed by atoms with Crippen LogP contribution >= 0.6 is 0 Å². The Bertz CT molecular complexity index is 880. The number of carbonyl (C=O) groups is 1. The summed E-state index contributed by atoms with van der Waals surface area (Å²) in [5.41, 5.74) is -0.926. The molecule has 0 unspecified atom stereocenters.